The maximum absolute atomic E-state index is 5.41. The number of fused-ring (bicyclic) bond motifs is 1. The molecule has 0 aliphatic rings. The van der Waals surface area contributed by atoms with E-state index >= 15 is 0 Å². The summed E-state index contributed by atoms with van der Waals surface area (Å²) in [7, 11) is 1.67. The van der Waals surface area contributed by atoms with Crippen molar-refractivity contribution in [1.82, 2.24) is 5.16 Å². The number of hydrogen-bond donors (Lipinski definition) is 1. The third kappa shape index (κ3) is 2.94. The van der Waals surface area contributed by atoms with Crippen molar-refractivity contribution >= 4 is 44.7 Å². The lowest BCUT2D eigenvalue weighted by Gasteiger charge is -2.10. The van der Waals surface area contributed by atoms with E-state index in [1.165, 1.54) is 17.5 Å². The molecule has 3 aromatic rings. The standard InChI is InChI=1S/C16H15BrN2O2S/c1-3-10-7-8-12(20-2)14(9-10)22-19-16-15-11(17)5-4-6-13(15)21-18-16/h4-9H,3H2,1-2H3,(H,18,19). The number of anilines is 1. The smallest absolute Gasteiger partial charge is 0.188 e. The molecular formula is C16H15BrN2O2S. The summed E-state index contributed by atoms with van der Waals surface area (Å²) >= 11 is 4.99. The highest BCUT2D eigenvalue weighted by atomic mass is 79.9. The van der Waals surface area contributed by atoms with E-state index in [0.717, 1.165) is 32.5 Å². The predicted octanol–water partition coefficient (Wildman–Crippen LogP) is 5.28. The summed E-state index contributed by atoms with van der Waals surface area (Å²) in [4.78, 5) is 1.02. The van der Waals surface area contributed by atoms with Crippen LogP contribution in [-0.4, -0.2) is 12.3 Å². The van der Waals surface area contributed by atoms with Crippen LogP contribution in [0.5, 0.6) is 5.75 Å². The lowest BCUT2D eigenvalue weighted by atomic mass is 10.2. The Morgan fingerprint density at radius 3 is 2.95 bits per heavy atom. The first-order valence-electron chi connectivity index (χ1n) is 6.86. The fourth-order valence-corrected chi connectivity index (χ4v) is 3.49. The Labute approximate surface area is 141 Å². The van der Waals surface area contributed by atoms with Crippen molar-refractivity contribution in [2.75, 3.05) is 11.8 Å². The Kier molecular flexibility index (Phi) is 4.59. The third-order valence-electron chi connectivity index (χ3n) is 3.34. The summed E-state index contributed by atoms with van der Waals surface area (Å²) in [5, 5.41) is 5.02. The number of nitrogens with zero attached hydrogens (tertiary/aromatic N) is 1. The second-order valence-electron chi connectivity index (χ2n) is 4.69. The minimum atomic E-state index is 0.691. The SMILES string of the molecule is CCc1ccc(OC)c(SNc2noc3cccc(Br)c23)c1. The van der Waals surface area contributed by atoms with Crippen LogP contribution < -0.4 is 9.46 Å². The number of ether oxygens (including phenoxy) is 1. The van der Waals surface area contributed by atoms with Crippen LogP contribution in [-0.2, 0) is 6.42 Å². The van der Waals surface area contributed by atoms with Crippen LogP contribution in [0.4, 0.5) is 5.82 Å². The van der Waals surface area contributed by atoms with Gasteiger partial charge in [-0.25, -0.2) is 0 Å². The van der Waals surface area contributed by atoms with E-state index in [-0.39, 0.29) is 0 Å². The summed E-state index contributed by atoms with van der Waals surface area (Å²) in [6, 6.07) is 12.0. The van der Waals surface area contributed by atoms with Gasteiger partial charge in [0.25, 0.3) is 0 Å². The van der Waals surface area contributed by atoms with Crippen molar-refractivity contribution in [2.24, 2.45) is 0 Å². The first-order valence-corrected chi connectivity index (χ1v) is 8.47. The van der Waals surface area contributed by atoms with Gasteiger partial charge in [0.1, 0.15) is 5.75 Å². The molecule has 0 unspecified atom stereocenters. The van der Waals surface area contributed by atoms with Crippen LogP contribution in [0.1, 0.15) is 12.5 Å². The van der Waals surface area contributed by atoms with Gasteiger partial charge in [0.15, 0.2) is 11.4 Å². The van der Waals surface area contributed by atoms with E-state index in [9.17, 15) is 0 Å². The maximum Gasteiger partial charge on any atom is 0.188 e. The zero-order valence-electron chi connectivity index (χ0n) is 12.2. The van der Waals surface area contributed by atoms with Crippen LogP contribution >= 0.6 is 27.9 Å². The maximum atomic E-state index is 5.41. The van der Waals surface area contributed by atoms with Crippen molar-refractivity contribution in [3.63, 3.8) is 0 Å². The van der Waals surface area contributed by atoms with E-state index in [4.69, 9.17) is 9.26 Å². The second-order valence-corrected chi connectivity index (χ2v) is 6.39. The second kappa shape index (κ2) is 6.62. The average Bonchev–Trinajstić information content (AvgIpc) is 2.97. The summed E-state index contributed by atoms with van der Waals surface area (Å²) in [5.41, 5.74) is 2.00. The molecule has 0 atom stereocenters. The van der Waals surface area contributed by atoms with Crippen molar-refractivity contribution in [2.45, 2.75) is 18.2 Å². The summed E-state index contributed by atoms with van der Waals surface area (Å²) in [5.74, 6) is 1.53. The molecule has 1 heterocycles. The zero-order chi connectivity index (χ0) is 15.5. The first kappa shape index (κ1) is 15.2. The van der Waals surface area contributed by atoms with Gasteiger partial charge in [-0.3, -0.25) is 0 Å². The van der Waals surface area contributed by atoms with E-state index in [1.807, 2.05) is 24.3 Å². The lowest BCUT2D eigenvalue weighted by Crippen LogP contribution is -1.93. The quantitative estimate of drug-likeness (QED) is 0.611. The fraction of sp³-hybridized carbons (Fsp3) is 0.188. The Morgan fingerprint density at radius 1 is 1.32 bits per heavy atom. The van der Waals surface area contributed by atoms with Gasteiger partial charge < -0.3 is 14.0 Å². The van der Waals surface area contributed by atoms with Crippen LogP contribution in [0.25, 0.3) is 11.0 Å². The minimum absolute atomic E-state index is 0.691. The molecule has 0 saturated heterocycles. The van der Waals surface area contributed by atoms with Gasteiger partial charge >= 0.3 is 0 Å². The van der Waals surface area contributed by atoms with Crippen LogP contribution in [0.15, 0.2) is 50.3 Å². The molecule has 0 spiro atoms. The van der Waals surface area contributed by atoms with Gasteiger partial charge in [-0.15, -0.1) is 0 Å². The molecule has 0 bridgehead atoms. The van der Waals surface area contributed by atoms with Gasteiger partial charge in [-0.2, -0.15) is 0 Å². The number of nitrogens with one attached hydrogen (secondary N) is 1. The summed E-state index contributed by atoms with van der Waals surface area (Å²) in [6.07, 6.45) is 0.982. The number of methoxy groups -OCH3 is 1. The molecule has 4 nitrogen and oxygen atoms in total. The van der Waals surface area contributed by atoms with E-state index in [0.29, 0.717) is 5.82 Å². The highest BCUT2D eigenvalue weighted by molar-refractivity contribution is 9.10. The molecule has 0 saturated carbocycles. The predicted molar refractivity (Wildman–Crippen MR) is 93.6 cm³/mol. The molecule has 0 amide bonds. The van der Waals surface area contributed by atoms with Gasteiger partial charge in [-0.05, 0) is 64.1 Å². The molecule has 1 aromatic heterocycles. The van der Waals surface area contributed by atoms with Crippen LogP contribution in [0.3, 0.4) is 0 Å². The molecule has 0 fully saturated rings. The van der Waals surface area contributed by atoms with Crippen LogP contribution in [0, 0.1) is 0 Å². The lowest BCUT2D eigenvalue weighted by molar-refractivity contribution is 0.404. The molecule has 114 valence electrons. The molecule has 6 heteroatoms. The molecular weight excluding hydrogens is 364 g/mol. The van der Waals surface area contributed by atoms with Gasteiger partial charge in [-0.1, -0.05) is 24.2 Å². The largest absolute Gasteiger partial charge is 0.496 e. The molecule has 2 aromatic carbocycles. The van der Waals surface area contributed by atoms with Crippen molar-refractivity contribution < 1.29 is 9.26 Å². The van der Waals surface area contributed by atoms with E-state index < -0.39 is 0 Å². The highest BCUT2D eigenvalue weighted by Crippen LogP contribution is 2.35. The molecule has 0 radical (unpaired) electrons. The van der Waals surface area contributed by atoms with Crippen molar-refractivity contribution in [3.8, 4) is 5.75 Å². The Hall–Kier alpha value is -1.66. The van der Waals surface area contributed by atoms with Gasteiger partial charge in [0.2, 0.25) is 0 Å². The minimum Gasteiger partial charge on any atom is -0.496 e. The number of aryl methyl sites for hydroxylation is 1. The molecule has 1 N–H and O–H groups in total. The number of hydrogen-bond acceptors (Lipinski definition) is 5. The van der Waals surface area contributed by atoms with E-state index in [1.54, 1.807) is 7.11 Å². The summed E-state index contributed by atoms with van der Waals surface area (Å²) in [6.45, 7) is 2.13. The monoisotopic (exact) mass is 378 g/mol. The molecule has 22 heavy (non-hydrogen) atoms. The van der Waals surface area contributed by atoms with Crippen molar-refractivity contribution in [1.29, 1.82) is 0 Å². The molecule has 0 aliphatic carbocycles. The van der Waals surface area contributed by atoms with Crippen molar-refractivity contribution in [3.05, 3.63) is 46.4 Å². The van der Waals surface area contributed by atoms with Gasteiger partial charge in [0.05, 0.1) is 17.4 Å². The average molecular weight is 379 g/mol. The normalized spacial score (nSPS) is 10.9. The highest BCUT2D eigenvalue weighted by Gasteiger charge is 2.12. The van der Waals surface area contributed by atoms with E-state index in [2.05, 4.69) is 44.9 Å². The number of rotatable bonds is 5. The molecule has 0 aliphatic heterocycles. The Balaban J connectivity index is 1.88. The summed E-state index contributed by atoms with van der Waals surface area (Å²) < 4.78 is 14.9. The Bertz CT molecular complexity index is 804. The number of aromatic nitrogens is 1. The van der Waals surface area contributed by atoms with Gasteiger partial charge in [0, 0.05) is 4.47 Å². The topological polar surface area (TPSA) is 47.3 Å². The zero-order valence-corrected chi connectivity index (χ0v) is 14.6. The fourth-order valence-electron chi connectivity index (χ4n) is 2.14. The Morgan fingerprint density at radius 2 is 2.18 bits per heavy atom. The third-order valence-corrected chi connectivity index (χ3v) is 4.84. The number of halogens is 1. The number of benzene rings is 2. The molecule has 3 rings (SSSR count). The first-order chi connectivity index (χ1) is 10.7. The van der Waals surface area contributed by atoms with Crippen LogP contribution in [0.2, 0.25) is 0 Å².